The summed E-state index contributed by atoms with van der Waals surface area (Å²) in [6, 6.07) is 10.5. The molecule has 0 fully saturated rings. The molecule has 3 aromatic rings. The molecule has 0 atom stereocenters. The molecule has 2 heterocycles. The Hall–Kier alpha value is -2.96. The zero-order chi connectivity index (χ0) is 17.9. The number of alkyl halides is 3. The van der Waals surface area contributed by atoms with Crippen LogP contribution in [0.1, 0.15) is 17.0 Å². The Morgan fingerprint density at radius 2 is 1.76 bits per heavy atom. The second kappa shape index (κ2) is 6.88. The third kappa shape index (κ3) is 4.32. The van der Waals surface area contributed by atoms with E-state index in [1.54, 1.807) is 31.5 Å². The van der Waals surface area contributed by atoms with Crippen LogP contribution in [0.4, 0.5) is 19.0 Å². The summed E-state index contributed by atoms with van der Waals surface area (Å²) < 4.78 is 38.7. The van der Waals surface area contributed by atoms with Gasteiger partial charge in [-0.1, -0.05) is 12.1 Å². The lowest BCUT2D eigenvalue weighted by atomic mass is 10.1. The molecule has 0 saturated heterocycles. The highest BCUT2D eigenvalue weighted by molar-refractivity contribution is 5.63. The second-order valence-corrected chi connectivity index (χ2v) is 5.47. The number of nitrogens with zero attached hydrogens (tertiary/aromatic N) is 3. The van der Waals surface area contributed by atoms with Crippen molar-refractivity contribution in [1.29, 1.82) is 0 Å². The van der Waals surface area contributed by atoms with Crippen molar-refractivity contribution in [3.05, 3.63) is 71.8 Å². The Labute approximate surface area is 142 Å². The van der Waals surface area contributed by atoms with Crippen molar-refractivity contribution >= 4 is 5.82 Å². The molecule has 0 amide bonds. The van der Waals surface area contributed by atoms with Gasteiger partial charge in [0.1, 0.15) is 11.6 Å². The van der Waals surface area contributed by atoms with E-state index in [0.29, 0.717) is 29.4 Å². The molecule has 0 saturated carbocycles. The van der Waals surface area contributed by atoms with Crippen LogP contribution < -0.4 is 5.32 Å². The molecule has 25 heavy (non-hydrogen) atoms. The minimum Gasteiger partial charge on any atom is -0.366 e. The van der Waals surface area contributed by atoms with Crippen LogP contribution in [0.25, 0.3) is 11.3 Å². The number of hydrogen-bond acceptors (Lipinski definition) is 4. The average Bonchev–Trinajstić information content (AvgIpc) is 2.60. The van der Waals surface area contributed by atoms with E-state index in [1.165, 1.54) is 6.07 Å². The number of aryl methyl sites for hydroxylation is 1. The maximum atomic E-state index is 12.9. The van der Waals surface area contributed by atoms with Gasteiger partial charge in [-0.3, -0.25) is 4.98 Å². The summed E-state index contributed by atoms with van der Waals surface area (Å²) in [7, 11) is 0. The predicted molar refractivity (Wildman–Crippen MR) is 88.8 cm³/mol. The van der Waals surface area contributed by atoms with Crippen molar-refractivity contribution in [1.82, 2.24) is 15.0 Å². The summed E-state index contributed by atoms with van der Waals surface area (Å²) in [5.74, 6) is 1.03. The Morgan fingerprint density at radius 1 is 1.00 bits per heavy atom. The number of benzene rings is 1. The molecule has 0 unspecified atom stereocenters. The smallest absolute Gasteiger partial charge is 0.366 e. The zero-order valence-corrected chi connectivity index (χ0v) is 13.4. The summed E-state index contributed by atoms with van der Waals surface area (Å²) in [5, 5.41) is 3.16. The van der Waals surface area contributed by atoms with Crippen LogP contribution in [0, 0.1) is 6.92 Å². The normalized spacial score (nSPS) is 11.4. The second-order valence-electron chi connectivity index (χ2n) is 5.47. The first-order valence-electron chi connectivity index (χ1n) is 7.58. The molecule has 0 aliphatic heterocycles. The summed E-state index contributed by atoms with van der Waals surface area (Å²) in [4.78, 5) is 12.5. The lowest BCUT2D eigenvalue weighted by Crippen LogP contribution is -2.06. The van der Waals surface area contributed by atoms with Crippen LogP contribution in [0.5, 0.6) is 0 Å². The Morgan fingerprint density at radius 3 is 2.48 bits per heavy atom. The minimum atomic E-state index is -4.39. The van der Waals surface area contributed by atoms with Crippen LogP contribution in [-0.4, -0.2) is 15.0 Å². The molecule has 2 aromatic heterocycles. The quantitative estimate of drug-likeness (QED) is 0.758. The Bertz CT molecular complexity index is 864. The number of halogens is 3. The van der Waals surface area contributed by atoms with Gasteiger partial charge in [0.25, 0.3) is 0 Å². The van der Waals surface area contributed by atoms with Crippen molar-refractivity contribution in [3.63, 3.8) is 0 Å². The summed E-state index contributed by atoms with van der Waals surface area (Å²) in [6.45, 7) is 2.23. The molecular formula is C18H15F3N4. The van der Waals surface area contributed by atoms with Gasteiger partial charge in [0.15, 0.2) is 0 Å². The van der Waals surface area contributed by atoms with Gasteiger partial charge in [-0.25, -0.2) is 9.97 Å². The van der Waals surface area contributed by atoms with Gasteiger partial charge in [-0.05, 0) is 36.8 Å². The van der Waals surface area contributed by atoms with E-state index in [2.05, 4.69) is 20.3 Å². The third-order valence-electron chi connectivity index (χ3n) is 3.55. The summed E-state index contributed by atoms with van der Waals surface area (Å²) in [6.07, 6.45) is -1.01. The van der Waals surface area contributed by atoms with E-state index >= 15 is 0 Å². The monoisotopic (exact) mass is 344 g/mol. The predicted octanol–water partition coefficient (Wildman–Crippen LogP) is 4.48. The Balaban J connectivity index is 1.87. The van der Waals surface area contributed by atoms with Crippen LogP contribution >= 0.6 is 0 Å². The summed E-state index contributed by atoms with van der Waals surface area (Å²) >= 11 is 0. The molecule has 1 aromatic carbocycles. The molecule has 0 radical (unpaired) electrons. The first-order valence-corrected chi connectivity index (χ1v) is 7.58. The standard InChI is InChI=1S/C18H15F3N4/c1-12-24-16(14-3-2-4-15(9-14)18(19,20)21)10-17(25-12)23-11-13-5-7-22-8-6-13/h2-10H,11H2,1H3,(H,23,24,25). The highest BCUT2D eigenvalue weighted by Crippen LogP contribution is 2.32. The maximum absolute atomic E-state index is 12.9. The number of anilines is 1. The molecule has 0 aliphatic rings. The van der Waals surface area contributed by atoms with E-state index in [-0.39, 0.29) is 0 Å². The highest BCUT2D eigenvalue weighted by atomic mass is 19.4. The molecule has 128 valence electrons. The molecule has 1 N–H and O–H groups in total. The van der Waals surface area contributed by atoms with E-state index in [4.69, 9.17) is 0 Å². The van der Waals surface area contributed by atoms with Crippen molar-refractivity contribution in [2.75, 3.05) is 5.32 Å². The number of aromatic nitrogens is 3. The first-order chi connectivity index (χ1) is 11.9. The highest BCUT2D eigenvalue weighted by Gasteiger charge is 2.30. The van der Waals surface area contributed by atoms with Gasteiger partial charge in [0, 0.05) is 30.6 Å². The summed E-state index contributed by atoms with van der Waals surface area (Å²) in [5.41, 5.74) is 1.16. The fourth-order valence-corrected chi connectivity index (χ4v) is 2.35. The van der Waals surface area contributed by atoms with E-state index < -0.39 is 11.7 Å². The fraction of sp³-hybridized carbons (Fsp3) is 0.167. The number of rotatable bonds is 4. The fourth-order valence-electron chi connectivity index (χ4n) is 2.35. The maximum Gasteiger partial charge on any atom is 0.416 e. The van der Waals surface area contributed by atoms with Crippen molar-refractivity contribution < 1.29 is 13.2 Å². The van der Waals surface area contributed by atoms with Crippen molar-refractivity contribution in [2.45, 2.75) is 19.6 Å². The third-order valence-corrected chi connectivity index (χ3v) is 3.55. The van der Waals surface area contributed by atoms with Crippen LogP contribution in [0.2, 0.25) is 0 Å². The SMILES string of the molecule is Cc1nc(NCc2ccncc2)cc(-c2cccc(C(F)(F)F)c2)n1. The molecular weight excluding hydrogens is 329 g/mol. The van der Waals surface area contributed by atoms with E-state index in [0.717, 1.165) is 17.7 Å². The lowest BCUT2D eigenvalue weighted by molar-refractivity contribution is -0.137. The molecule has 4 nitrogen and oxygen atoms in total. The van der Waals surface area contributed by atoms with Gasteiger partial charge < -0.3 is 5.32 Å². The van der Waals surface area contributed by atoms with Crippen LogP contribution in [0.15, 0.2) is 54.9 Å². The number of pyridine rings is 1. The van der Waals surface area contributed by atoms with E-state index in [1.807, 2.05) is 12.1 Å². The molecule has 0 bridgehead atoms. The minimum absolute atomic E-state index is 0.396. The zero-order valence-electron chi connectivity index (χ0n) is 13.4. The molecule has 3 rings (SSSR count). The largest absolute Gasteiger partial charge is 0.416 e. The topological polar surface area (TPSA) is 50.7 Å². The Kier molecular flexibility index (Phi) is 4.65. The number of hydrogen-bond donors (Lipinski definition) is 1. The van der Waals surface area contributed by atoms with Gasteiger partial charge in [-0.2, -0.15) is 13.2 Å². The van der Waals surface area contributed by atoms with Crippen molar-refractivity contribution in [2.24, 2.45) is 0 Å². The molecule has 0 spiro atoms. The van der Waals surface area contributed by atoms with Crippen LogP contribution in [-0.2, 0) is 12.7 Å². The molecule has 7 heteroatoms. The van der Waals surface area contributed by atoms with Gasteiger partial charge >= 0.3 is 6.18 Å². The average molecular weight is 344 g/mol. The van der Waals surface area contributed by atoms with E-state index in [9.17, 15) is 13.2 Å². The van der Waals surface area contributed by atoms with Crippen LogP contribution in [0.3, 0.4) is 0 Å². The first kappa shape index (κ1) is 16.9. The molecule has 0 aliphatic carbocycles. The van der Waals surface area contributed by atoms with Gasteiger partial charge in [0.05, 0.1) is 11.3 Å². The van der Waals surface area contributed by atoms with Gasteiger partial charge in [-0.15, -0.1) is 0 Å². The lowest BCUT2D eigenvalue weighted by Gasteiger charge is -2.11. The van der Waals surface area contributed by atoms with Crippen molar-refractivity contribution in [3.8, 4) is 11.3 Å². The van der Waals surface area contributed by atoms with Gasteiger partial charge in [0.2, 0.25) is 0 Å². The number of nitrogens with one attached hydrogen (secondary N) is 1.